The minimum atomic E-state index is -0.386. The third-order valence-electron chi connectivity index (χ3n) is 4.26. The molecule has 0 radical (unpaired) electrons. The molecule has 0 saturated heterocycles. The molecule has 150 valence electrons. The predicted molar refractivity (Wildman–Crippen MR) is 109 cm³/mol. The Bertz CT molecular complexity index is 1000. The summed E-state index contributed by atoms with van der Waals surface area (Å²) in [5, 5.41) is 12.6. The van der Waals surface area contributed by atoms with Gasteiger partial charge in [-0.2, -0.15) is 5.10 Å². The van der Waals surface area contributed by atoms with Crippen molar-refractivity contribution < 1.29 is 14.0 Å². The van der Waals surface area contributed by atoms with Gasteiger partial charge in [0.1, 0.15) is 11.6 Å². The molecule has 3 amide bonds. The molecule has 3 rings (SSSR count). The van der Waals surface area contributed by atoms with E-state index in [2.05, 4.69) is 21.0 Å². The third-order valence-corrected chi connectivity index (χ3v) is 4.26. The molecule has 0 aliphatic carbocycles. The van der Waals surface area contributed by atoms with E-state index in [1.165, 1.54) is 19.1 Å². The fraction of sp³-hybridized carbons (Fsp3) is 0.190. The molecule has 8 heteroatoms. The van der Waals surface area contributed by atoms with E-state index >= 15 is 0 Å². The highest BCUT2D eigenvalue weighted by molar-refractivity contribution is 5.89. The second kappa shape index (κ2) is 9.01. The molecule has 1 atom stereocenters. The van der Waals surface area contributed by atoms with Crippen molar-refractivity contribution in [2.45, 2.75) is 26.4 Å². The van der Waals surface area contributed by atoms with Gasteiger partial charge in [-0.25, -0.2) is 13.9 Å². The molecule has 0 saturated carbocycles. The second-order valence-electron chi connectivity index (χ2n) is 6.63. The van der Waals surface area contributed by atoms with Crippen molar-refractivity contribution in [1.82, 2.24) is 15.1 Å². The van der Waals surface area contributed by atoms with Crippen LogP contribution in [0, 0.1) is 5.82 Å². The van der Waals surface area contributed by atoms with Crippen molar-refractivity contribution in [3.63, 3.8) is 0 Å². The van der Waals surface area contributed by atoms with Gasteiger partial charge in [-0.3, -0.25) is 10.1 Å². The first-order valence-electron chi connectivity index (χ1n) is 9.12. The first-order chi connectivity index (χ1) is 13.9. The predicted octanol–water partition coefficient (Wildman–Crippen LogP) is 3.91. The lowest BCUT2D eigenvalue weighted by atomic mass is 10.1. The van der Waals surface area contributed by atoms with Gasteiger partial charge in [0, 0.05) is 18.7 Å². The number of carbonyl (C=O) groups excluding carboxylic acids is 2. The Balaban J connectivity index is 1.62. The lowest BCUT2D eigenvalue weighted by molar-refractivity contribution is -0.114. The molecule has 7 nitrogen and oxygen atoms in total. The molecular weight excluding hydrogens is 373 g/mol. The van der Waals surface area contributed by atoms with Gasteiger partial charge in [-0.15, -0.1) is 0 Å². The summed E-state index contributed by atoms with van der Waals surface area (Å²) >= 11 is 0. The quantitative estimate of drug-likeness (QED) is 0.591. The lowest BCUT2D eigenvalue weighted by Gasteiger charge is -2.16. The minimum Gasteiger partial charge on any atom is -0.331 e. The van der Waals surface area contributed by atoms with E-state index in [1.807, 2.05) is 25.1 Å². The van der Waals surface area contributed by atoms with E-state index in [0.717, 1.165) is 11.1 Å². The van der Waals surface area contributed by atoms with Crippen LogP contribution in [0.5, 0.6) is 0 Å². The van der Waals surface area contributed by atoms with E-state index in [4.69, 9.17) is 0 Å². The van der Waals surface area contributed by atoms with Crippen molar-refractivity contribution >= 4 is 23.4 Å². The number of anilines is 2. The highest BCUT2D eigenvalue weighted by atomic mass is 19.1. The Morgan fingerprint density at radius 3 is 2.59 bits per heavy atom. The fourth-order valence-electron chi connectivity index (χ4n) is 2.85. The average Bonchev–Trinajstić information content (AvgIpc) is 3.09. The minimum absolute atomic E-state index is 0.157. The Morgan fingerprint density at radius 1 is 1.10 bits per heavy atom. The van der Waals surface area contributed by atoms with Crippen molar-refractivity contribution in [2.75, 3.05) is 10.6 Å². The molecule has 0 spiro atoms. The molecule has 0 aliphatic rings. The van der Waals surface area contributed by atoms with Gasteiger partial charge in [-0.05, 0) is 42.3 Å². The van der Waals surface area contributed by atoms with Crippen molar-refractivity contribution in [3.8, 4) is 0 Å². The zero-order valence-electron chi connectivity index (χ0n) is 16.1. The van der Waals surface area contributed by atoms with E-state index in [1.54, 1.807) is 35.1 Å². The summed E-state index contributed by atoms with van der Waals surface area (Å²) in [5.74, 6) is 0.0597. The first-order valence-corrected chi connectivity index (χ1v) is 9.12. The monoisotopic (exact) mass is 395 g/mol. The zero-order valence-corrected chi connectivity index (χ0v) is 16.1. The van der Waals surface area contributed by atoms with Crippen LogP contribution in [-0.4, -0.2) is 21.7 Å². The molecule has 1 unspecified atom stereocenters. The first kappa shape index (κ1) is 20.1. The van der Waals surface area contributed by atoms with Crippen LogP contribution in [0.3, 0.4) is 0 Å². The molecule has 1 aromatic heterocycles. The Labute approximate surface area is 167 Å². The summed E-state index contributed by atoms with van der Waals surface area (Å²) in [6.07, 6.45) is 1.58. The van der Waals surface area contributed by atoms with Crippen molar-refractivity contribution in [2.24, 2.45) is 0 Å². The molecule has 1 heterocycles. The van der Waals surface area contributed by atoms with Crippen LogP contribution in [0.2, 0.25) is 0 Å². The van der Waals surface area contributed by atoms with Crippen LogP contribution >= 0.6 is 0 Å². The molecule has 2 aromatic carbocycles. The number of rotatable bonds is 6. The largest absolute Gasteiger partial charge is 0.331 e. The number of hydrogen-bond acceptors (Lipinski definition) is 3. The standard InChI is InChI=1S/C21H22FN5O2/c1-14(17-4-3-5-19(12-17)25-15(2)28)24-21(29)26-20-10-11-23-27(20)13-16-6-8-18(22)9-7-16/h3-12,14H,13H2,1-2H3,(H,25,28)(H2,24,26,29). The Kier molecular flexibility index (Phi) is 6.23. The molecule has 0 bridgehead atoms. The summed E-state index contributed by atoms with van der Waals surface area (Å²) in [4.78, 5) is 23.6. The van der Waals surface area contributed by atoms with Crippen molar-refractivity contribution in [3.05, 3.63) is 77.7 Å². The summed E-state index contributed by atoms with van der Waals surface area (Å²) in [5.41, 5.74) is 2.38. The number of hydrogen-bond donors (Lipinski definition) is 3. The van der Waals surface area contributed by atoms with E-state index in [0.29, 0.717) is 18.1 Å². The van der Waals surface area contributed by atoms with E-state index < -0.39 is 0 Å². The fourth-order valence-corrected chi connectivity index (χ4v) is 2.85. The summed E-state index contributed by atoms with van der Waals surface area (Å²) < 4.78 is 14.7. The smallest absolute Gasteiger partial charge is 0.320 e. The van der Waals surface area contributed by atoms with Crippen molar-refractivity contribution in [1.29, 1.82) is 0 Å². The molecule has 0 aliphatic heterocycles. The van der Waals surface area contributed by atoms with Gasteiger partial charge >= 0.3 is 6.03 Å². The molecule has 3 N–H and O–H groups in total. The number of nitrogens with one attached hydrogen (secondary N) is 3. The average molecular weight is 395 g/mol. The van der Waals surface area contributed by atoms with E-state index in [9.17, 15) is 14.0 Å². The van der Waals surface area contributed by atoms with Crippen LogP contribution in [0.4, 0.5) is 20.7 Å². The number of benzene rings is 2. The highest BCUT2D eigenvalue weighted by Crippen LogP contribution is 2.18. The summed E-state index contributed by atoms with van der Waals surface area (Å²) in [6, 6.07) is 14.4. The third kappa shape index (κ3) is 5.65. The maximum Gasteiger partial charge on any atom is 0.320 e. The van der Waals surface area contributed by atoms with Gasteiger partial charge in [0.25, 0.3) is 0 Å². The Morgan fingerprint density at radius 2 is 1.86 bits per heavy atom. The van der Waals surface area contributed by atoms with Gasteiger partial charge in [0.05, 0.1) is 18.8 Å². The number of aromatic nitrogens is 2. The summed E-state index contributed by atoms with van der Waals surface area (Å²) in [7, 11) is 0. The normalized spacial score (nSPS) is 11.6. The van der Waals surface area contributed by atoms with Gasteiger partial charge in [0.2, 0.25) is 5.91 Å². The lowest BCUT2D eigenvalue weighted by Crippen LogP contribution is -2.32. The van der Waals surface area contributed by atoms with Crippen LogP contribution in [-0.2, 0) is 11.3 Å². The maximum absolute atomic E-state index is 13.1. The summed E-state index contributed by atoms with van der Waals surface area (Å²) in [6.45, 7) is 3.69. The molecule has 0 fully saturated rings. The number of nitrogens with zero attached hydrogens (tertiary/aromatic N) is 2. The van der Waals surface area contributed by atoms with Gasteiger partial charge in [0.15, 0.2) is 0 Å². The Hall–Kier alpha value is -3.68. The zero-order chi connectivity index (χ0) is 20.8. The molecule has 3 aromatic rings. The topological polar surface area (TPSA) is 88.1 Å². The van der Waals surface area contributed by atoms with E-state index in [-0.39, 0.29) is 23.8 Å². The molecule has 29 heavy (non-hydrogen) atoms. The SMILES string of the molecule is CC(=O)Nc1cccc(C(C)NC(=O)Nc2ccnn2Cc2ccc(F)cc2)c1. The van der Waals surface area contributed by atoms with Crippen LogP contribution < -0.4 is 16.0 Å². The number of halogens is 1. The number of carbonyl (C=O) groups is 2. The van der Waals surface area contributed by atoms with Crippen LogP contribution in [0.25, 0.3) is 0 Å². The molecular formula is C21H22FN5O2. The van der Waals surface area contributed by atoms with Gasteiger partial charge < -0.3 is 10.6 Å². The van der Waals surface area contributed by atoms with Crippen LogP contribution in [0.1, 0.15) is 31.0 Å². The number of amides is 3. The number of urea groups is 1. The van der Waals surface area contributed by atoms with Crippen LogP contribution in [0.15, 0.2) is 60.8 Å². The second-order valence-corrected chi connectivity index (χ2v) is 6.63. The maximum atomic E-state index is 13.1. The van der Waals surface area contributed by atoms with Gasteiger partial charge in [-0.1, -0.05) is 24.3 Å². The highest BCUT2D eigenvalue weighted by Gasteiger charge is 2.12.